The molecule has 1 aliphatic rings. The van der Waals surface area contributed by atoms with Crippen molar-refractivity contribution >= 4 is 0 Å². The van der Waals surface area contributed by atoms with E-state index in [-0.39, 0.29) is 6.04 Å². The Kier molecular flexibility index (Phi) is 3.06. The summed E-state index contributed by atoms with van der Waals surface area (Å²) in [5.74, 6) is 1.29. The lowest BCUT2D eigenvalue weighted by atomic mass is 9.96. The maximum Gasteiger partial charge on any atom is 0.142 e. The van der Waals surface area contributed by atoms with Gasteiger partial charge in [-0.05, 0) is 31.0 Å². The zero-order valence-corrected chi connectivity index (χ0v) is 10.4. The van der Waals surface area contributed by atoms with Gasteiger partial charge in [0.2, 0.25) is 0 Å². The molecule has 2 unspecified atom stereocenters. The number of fused-ring (bicyclic) bond motifs is 1. The quantitative estimate of drug-likeness (QED) is 0.855. The zero-order chi connectivity index (χ0) is 12.4. The Labute approximate surface area is 106 Å². The van der Waals surface area contributed by atoms with Gasteiger partial charge in [-0.15, -0.1) is 0 Å². The first-order chi connectivity index (χ1) is 8.90. The Bertz CT molecular complexity index is 506. The van der Waals surface area contributed by atoms with Crippen molar-refractivity contribution in [1.82, 2.24) is 25.5 Å². The van der Waals surface area contributed by atoms with Crippen LogP contribution < -0.4 is 5.32 Å². The number of likely N-dealkylation sites (N-methyl/N-ethyl adjacent to an activating group) is 1. The minimum atomic E-state index is 0.175. The second-order valence-electron chi connectivity index (χ2n) is 4.60. The van der Waals surface area contributed by atoms with Crippen LogP contribution in [0.25, 0.3) is 0 Å². The third kappa shape index (κ3) is 1.90. The number of pyridine rings is 1. The maximum absolute atomic E-state index is 4.55. The normalized spacial score (nSPS) is 19.7. The minimum absolute atomic E-state index is 0.175. The number of H-pyrrole nitrogens is 1. The highest BCUT2D eigenvalue weighted by Crippen LogP contribution is 2.39. The third-order valence-electron chi connectivity index (χ3n) is 3.56. The molecule has 0 radical (unpaired) electrons. The number of nitrogens with one attached hydrogen (secondary N) is 2. The molecule has 0 spiro atoms. The second kappa shape index (κ2) is 4.86. The summed E-state index contributed by atoms with van der Waals surface area (Å²) < 4.78 is 0. The van der Waals surface area contributed by atoms with Gasteiger partial charge in [0, 0.05) is 17.8 Å². The van der Waals surface area contributed by atoms with Crippen LogP contribution in [0.4, 0.5) is 0 Å². The lowest BCUT2D eigenvalue weighted by Crippen LogP contribution is -2.27. The largest absolute Gasteiger partial charge is 0.307 e. The van der Waals surface area contributed by atoms with Crippen LogP contribution in [0.2, 0.25) is 0 Å². The van der Waals surface area contributed by atoms with Gasteiger partial charge in [0.05, 0.1) is 6.04 Å². The van der Waals surface area contributed by atoms with Gasteiger partial charge in [0.15, 0.2) is 0 Å². The number of aryl methyl sites for hydroxylation is 1. The standard InChI is InChI=1S/C13H17N5/c1-2-14-12(13-16-8-17-18-13)10-6-5-9-4-3-7-15-11(9)10/h3-4,7-8,10,12,14H,2,5-6H2,1H3,(H,16,17,18). The average molecular weight is 243 g/mol. The van der Waals surface area contributed by atoms with Gasteiger partial charge in [-0.3, -0.25) is 10.1 Å². The number of nitrogens with zero attached hydrogens (tertiary/aromatic N) is 3. The van der Waals surface area contributed by atoms with Crippen LogP contribution in [-0.4, -0.2) is 26.7 Å². The smallest absolute Gasteiger partial charge is 0.142 e. The molecule has 0 saturated carbocycles. The van der Waals surface area contributed by atoms with E-state index in [1.54, 1.807) is 6.33 Å². The molecule has 2 atom stereocenters. The van der Waals surface area contributed by atoms with E-state index in [0.717, 1.165) is 25.2 Å². The van der Waals surface area contributed by atoms with Gasteiger partial charge in [0.1, 0.15) is 12.2 Å². The van der Waals surface area contributed by atoms with E-state index in [2.05, 4.69) is 38.5 Å². The first-order valence-electron chi connectivity index (χ1n) is 6.42. The van der Waals surface area contributed by atoms with Gasteiger partial charge in [0.25, 0.3) is 0 Å². The summed E-state index contributed by atoms with van der Waals surface area (Å²) in [6.07, 6.45) is 5.66. The summed E-state index contributed by atoms with van der Waals surface area (Å²) in [5, 5.41) is 10.4. The Morgan fingerprint density at radius 3 is 3.22 bits per heavy atom. The number of hydrogen-bond acceptors (Lipinski definition) is 4. The van der Waals surface area contributed by atoms with E-state index in [4.69, 9.17) is 0 Å². The Morgan fingerprint density at radius 2 is 2.44 bits per heavy atom. The van der Waals surface area contributed by atoms with Crippen LogP contribution in [0.5, 0.6) is 0 Å². The predicted molar refractivity (Wildman–Crippen MR) is 68.1 cm³/mol. The zero-order valence-electron chi connectivity index (χ0n) is 10.4. The predicted octanol–water partition coefficient (Wildman–Crippen LogP) is 1.58. The second-order valence-corrected chi connectivity index (χ2v) is 4.60. The fourth-order valence-corrected chi connectivity index (χ4v) is 2.78. The average Bonchev–Trinajstić information content (AvgIpc) is 3.06. The SMILES string of the molecule is CCNC(c1ncn[nH]1)C1CCc2cccnc21. The molecule has 3 rings (SSSR count). The van der Waals surface area contributed by atoms with Crippen molar-refractivity contribution in [2.45, 2.75) is 31.7 Å². The van der Waals surface area contributed by atoms with E-state index < -0.39 is 0 Å². The van der Waals surface area contributed by atoms with Crippen LogP contribution in [0.15, 0.2) is 24.7 Å². The third-order valence-corrected chi connectivity index (χ3v) is 3.56. The first kappa shape index (κ1) is 11.3. The summed E-state index contributed by atoms with van der Waals surface area (Å²) in [6.45, 7) is 3.02. The van der Waals surface area contributed by atoms with Crippen molar-refractivity contribution in [2.24, 2.45) is 0 Å². The molecule has 2 aromatic heterocycles. The van der Waals surface area contributed by atoms with Crippen molar-refractivity contribution < 1.29 is 0 Å². The maximum atomic E-state index is 4.55. The Balaban J connectivity index is 1.93. The van der Waals surface area contributed by atoms with Crippen LogP contribution in [0.3, 0.4) is 0 Å². The molecule has 0 aliphatic heterocycles. The number of rotatable bonds is 4. The molecular formula is C13H17N5. The lowest BCUT2D eigenvalue weighted by Gasteiger charge is -2.22. The topological polar surface area (TPSA) is 66.5 Å². The molecule has 2 heterocycles. The molecular weight excluding hydrogens is 226 g/mol. The van der Waals surface area contributed by atoms with Gasteiger partial charge < -0.3 is 5.32 Å². The van der Waals surface area contributed by atoms with Gasteiger partial charge >= 0.3 is 0 Å². The minimum Gasteiger partial charge on any atom is -0.307 e. The van der Waals surface area contributed by atoms with Crippen molar-refractivity contribution in [2.75, 3.05) is 6.54 Å². The van der Waals surface area contributed by atoms with Crippen molar-refractivity contribution in [1.29, 1.82) is 0 Å². The number of hydrogen-bond donors (Lipinski definition) is 2. The monoisotopic (exact) mass is 243 g/mol. The fraction of sp³-hybridized carbons (Fsp3) is 0.462. The van der Waals surface area contributed by atoms with Crippen LogP contribution in [0.1, 0.15) is 42.4 Å². The molecule has 0 saturated heterocycles. The fourth-order valence-electron chi connectivity index (χ4n) is 2.78. The highest BCUT2D eigenvalue weighted by atomic mass is 15.2. The highest BCUT2D eigenvalue weighted by molar-refractivity contribution is 5.30. The van der Waals surface area contributed by atoms with Crippen molar-refractivity contribution in [3.8, 4) is 0 Å². The molecule has 18 heavy (non-hydrogen) atoms. The molecule has 0 bridgehead atoms. The molecule has 94 valence electrons. The highest BCUT2D eigenvalue weighted by Gasteiger charge is 2.32. The van der Waals surface area contributed by atoms with E-state index in [9.17, 15) is 0 Å². The van der Waals surface area contributed by atoms with Crippen molar-refractivity contribution in [3.63, 3.8) is 0 Å². The summed E-state index contributed by atoms with van der Waals surface area (Å²) in [7, 11) is 0. The molecule has 2 aromatic rings. The van der Waals surface area contributed by atoms with Gasteiger partial charge in [-0.2, -0.15) is 5.10 Å². The van der Waals surface area contributed by atoms with E-state index >= 15 is 0 Å². The molecule has 0 aromatic carbocycles. The van der Waals surface area contributed by atoms with E-state index in [1.165, 1.54) is 11.3 Å². The first-order valence-corrected chi connectivity index (χ1v) is 6.42. The van der Waals surface area contributed by atoms with E-state index in [0.29, 0.717) is 5.92 Å². The van der Waals surface area contributed by atoms with Crippen molar-refractivity contribution in [3.05, 3.63) is 41.7 Å². The molecule has 2 N–H and O–H groups in total. The summed E-state index contributed by atoms with van der Waals surface area (Å²) in [4.78, 5) is 8.85. The van der Waals surface area contributed by atoms with Crippen LogP contribution >= 0.6 is 0 Å². The summed E-state index contributed by atoms with van der Waals surface area (Å²) in [6, 6.07) is 4.36. The van der Waals surface area contributed by atoms with Crippen LogP contribution in [0, 0.1) is 0 Å². The molecule has 5 nitrogen and oxygen atoms in total. The molecule has 1 aliphatic carbocycles. The Hall–Kier alpha value is -1.75. The number of aromatic amines is 1. The van der Waals surface area contributed by atoms with Gasteiger partial charge in [-0.25, -0.2) is 4.98 Å². The molecule has 0 amide bonds. The van der Waals surface area contributed by atoms with Crippen LogP contribution in [-0.2, 0) is 6.42 Å². The lowest BCUT2D eigenvalue weighted by molar-refractivity contribution is 0.429. The molecule has 5 heteroatoms. The Morgan fingerprint density at radius 1 is 1.50 bits per heavy atom. The van der Waals surface area contributed by atoms with Gasteiger partial charge in [-0.1, -0.05) is 13.0 Å². The summed E-state index contributed by atoms with van der Waals surface area (Å²) >= 11 is 0. The number of aromatic nitrogens is 4. The van der Waals surface area contributed by atoms with E-state index in [1.807, 2.05) is 12.3 Å². The summed E-state index contributed by atoms with van der Waals surface area (Å²) in [5.41, 5.74) is 2.57. The molecule has 0 fully saturated rings.